The van der Waals surface area contributed by atoms with Gasteiger partial charge in [-0.15, -0.1) is 0 Å². The van der Waals surface area contributed by atoms with Gasteiger partial charge >= 0.3 is 5.97 Å². The van der Waals surface area contributed by atoms with Gasteiger partial charge in [-0.2, -0.15) is 0 Å². The first-order valence-corrected chi connectivity index (χ1v) is 7.11. The molecule has 1 rings (SSSR count). The van der Waals surface area contributed by atoms with E-state index in [0.717, 1.165) is 19.3 Å². The number of rotatable bonds is 4. The normalized spacial score (nSPS) is 25.2. The van der Waals surface area contributed by atoms with Gasteiger partial charge in [-0.05, 0) is 25.7 Å². The number of nitrogens with zero attached hydrogens (tertiary/aromatic N) is 1. The molecular weight excluding hydrogens is 230 g/mol. The standard InChI is InChI=1S/C10H19NO4S/c1-3-9-5-4-6-11(7-9)16(14,15)8(2)10(12)13/h8-9H,3-7H2,1-2H3,(H,12,13). The van der Waals surface area contributed by atoms with Gasteiger partial charge in [0.2, 0.25) is 10.0 Å². The first-order chi connectivity index (χ1) is 7.39. The number of carboxylic acids is 1. The maximum absolute atomic E-state index is 11.9. The molecule has 0 aromatic rings. The van der Waals surface area contributed by atoms with E-state index in [-0.39, 0.29) is 0 Å². The quantitative estimate of drug-likeness (QED) is 0.803. The number of aliphatic carboxylic acids is 1. The van der Waals surface area contributed by atoms with Crippen LogP contribution in [0.2, 0.25) is 0 Å². The van der Waals surface area contributed by atoms with Gasteiger partial charge in [0.15, 0.2) is 5.25 Å². The van der Waals surface area contributed by atoms with Crippen LogP contribution in [0.15, 0.2) is 0 Å². The Hall–Kier alpha value is -0.620. The fourth-order valence-electron chi connectivity index (χ4n) is 1.94. The van der Waals surface area contributed by atoms with Crippen LogP contribution >= 0.6 is 0 Å². The summed E-state index contributed by atoms with van der Waals surface area (Å²) in [5, 5.41) is 7.42. The van der Waals surface area contributed by atoms with Crippen molar-refractivity contribution in [1.82, 2.24) is 4.31 Å². The Morgan fingerprint density at radius 2 is 2.19 bits per heavy atom. The third-order valence-corrected chi connectivity index (χ3v) is 5.36. The van der Waals surface area contributed by atoms with E-state index < -0.39 is 21.2 Å². The number of sulfonamides is 1. The topological polar surface area (TPSA) is 74.7 Å². The number of piperidine rings is 1. The van der Waals surface area contributed by atoms with Crippen molar-refractivity contribution in [3.05, 3.63) is 0 Å². The minimum atomic E-state index is -3.67. The Balaban J connectivity index is 2.79. The number of carbonyl (C=O) groups is 1. The Morgan fingerprint density at radius 1 is 1.56 bits per heavy atom. The lowest BCUT2D eigenvalue weighted by Crippen LogP contribution is -2.45. The molecule has 0 bridgehead atoms. The number of carboxylic acid groups (broad SMARTS) is 1. The van der Waals surface area contributed by atoms with Crippen molar-refractivity contribution in [2.75, 3.05) is 13.1 Å². The lowest BCUT2D eigenvalue weighted by molar-refractivity contribution is -0.136. The van der Waals surface area contributed by atoms with E-state index in [1.54, 1.807) is 0 Å². The van der Waals surface area contributed by atoms with Crippen molar-refractivity contribution in [3.63, 3.8) is 0 Å². The maximum Gasteiger partial charge on any atom is 0.323 e. The van der Waals surface area contributed by atoms with E-state index in [0.29, 0.717) is 19.0 Å². The van der Waals surface area contributed by atoms with Crippen LogP contribution in [0.3, 0.4) is 0 Å². The molecule has 0 aromatic carbocycles. The minimum absolute atomic E-state index is 0.365. The van der Waals surface area contributed by atoms with Crippen LogP contribution in [-0.4, -0.2) is 42.1 Å². The molecule has 16 heavy (non-hydrogen) atoms. The minimum Gasteiger partial charge on any atom is -0.480 e. The fraction of sp³-hybridized carbons (Fsp3) is 0.900. The molecule has 0 saturated carbocycles. The molecule has 2 atom stereocenters. The molecule has 1 saturated heterocycles. The highest BCUT2D eigenvalue weighted by Gasteiger charge is 2.36. The van der Waals surface area contributed by atoms with Crippen LogP contribution in [0.1, 0.15) is 33.1 Å². The van der Waals surface area contributed by atoms with Gasteiger partial charge in [0.05, 0.1) is 0 Å². The van der Waals surface area contributed by atoms with E-state index >= 15 is 0 Å². The predicted octanol–water partition coefficient (Wildman–Crippen LogP) is 0.911. The van der Waals surface area contributed by atoms with Gasteiger partial charge in [0.1, 0.15) is 0 Å². The second-order valence-electron chi connectivity index (χ2n) is 4.30. The molecule has 6 heteroatoms. The van der Waals surface area contributed by atoms with Gasteiger partial charge in [-0.25, -0.2) is 12.7 Å². The summed E-state index contributed by atoms with van der Waals surface area (Å²) >= 11 is 0. The Bertz CT molecular complexity index is 352. The largest absolute Gasteiger partial charge is 0.480 e. The van der Waals surface area contributed by atoms with Gasteiger partial charge in [-0.1, -0.05) is 13.3 Å². The third kappa shape index (κ3) is 2.74. The molecule has 1 fully saturated rings. The Kier molecular flexibility index (Phi) is 4.32. The molecule has 1 aliphatic rings. The van der Waals surface area contributed by atoms with Gasteiger partial charge in [0.25, 0.3) is 0 Å². The summed E-state index contributed by atoms with van der Waals surface area (Å²) in [5.41, 5.74) is 0. The molecule has 0 radical (unpaired) electrons. The summed E-state index contributed by atoms with van der Waals surface area (Å²) in [6.45, 7) is 4.18. The number of hydrogen-bond donors (Lipinski definition) is 1. The monoisotopic (exact) mass is 249 g/mol. The fourth-order valence-corrected chi connectivity index (χ4v) is 3.45. The molecule has 94 valence electrons. The van der Waals surface area contributed by atoms with E-state index in [9.17, 15) is 13.2 Å². The molecule has 1 aliphatic heterocycles. The van der Waals surface area contributed by atoms with Crippen molar-refractivity contribution < 1.29 is 18.3 Å². The highest BCUT2D eigenvalue weighted by molar-refractivity contribution is 7.90. The first-order valence-electron chi connectivity index (χ1n) is 5.61. The van der Waals surface area contributed by atoms with Gasteiger partial charge in [-0.3, -0.25) is 4.79 Å². The summed E-state index contributed by atoms with van der Waals surface area (Å²) in [7, 11) is -3.67. The van der Waals surface area contributed by atoms with Crippen LogP contribution in [0.25, 0.3) is 0 Å². The van der Waals surface area contributed by atoms with E-state index in [1.807, 2.05) is 6.92 Å². The molecule has 0 spiro atoms. The van der Waals surface area contributed by atoms with Crippen molar-refractivity contribution >= 4 is 16.0 Å². The van der Waals surface area contributed by atoms with Crippen molar-refractivity contribution in [1.29, 1.82) is 0 Å². The van der Waals surface area contributed by atoms with Crippen LogP contribution in [-0.2, 0) is 14.8 Å². The summed E-state index contributed by atoms with van der Waals surface area (Å²) in [4.78, 5) is 10.7. The van der Waals surface area contributed by atoms with Crippen molar-refractivity contribution in [3.8, 4) is 0 Å². The zero-order chi connectivity index (χ0) is 12.3. The molecule has 5 nitrogen and oxygen atoms in total. The lowest BCUT2D eigenvalue weighted by atomic mass is 9.97. The van der Waals surface area contributed by atoms with Crippen LogP contribution in [0.5, 0.6) is 0 Å². The molecule has 2 unspecified atom stereocenters. The predicted molar refractivity (Wildman–Crippen MR) is 60.6 cm³/mol. The summed E-state index contributed by atoms with van der Waals surface area (Å²) < 4.78 is 25.2. The molecule has 0 amide bonds. The van der Waals surface area contributed by atoms with E-state index in [2.05, 4.69) is 0 Å². The van der Waals surface area contributed by atoms with Crippen LogP contribution < -0.4 is 0 Å². The smallest absolute Gasteiger partial charge is 0.323 e. The highest BCUT2D eigenvalue weighted by Crippen LogP contribution is 2.23. The van der Waals surface area contributed by atoms with Crippen LogP contribution in [0, 0.1) is 5.92 Å². The van der Waals surface area contributed by atoms with Gasteiger partial charge in [0, 0.05) is 13.1 Å². The molecule has 0 aliphatic carbocycles. The van der Waals surface area contributed by atoms with Gasteiger partial charge < -0.3 is 5.11 Å². The molecule has 1 N–H and O–H groups in total. The maximum atomic E-state index is 11.9. The Morgan fingerprint density at radius 3 is 2.69 bits per heavy atom. The zero-order valence-electron chi connectivity index (χ0n) is 9.72. The highest BCUT2D eigenvalue weighted by atomic mass is 32.2. The average molecular weight is 249 g/mol. The lowest BCUT2D eigenvalue weighted by Gasteiger charge is -2.32. The van der Waals surface area contributed by atoms with Crippen LogP contribution in [0.4, 0.5) is 0 Å². The zero-order valence-corrected chi connectivity index (χ0v) is 10.5. The number of hydrogen-bond acceptors (Lipinski definition) is 3. The molecular formula is C10H19NO4S. The summed E-state index contributed by atoms with van der Waals surface area (Å²) in [6, 6.07) is 0. The molecule has 1 heterocycles. The van der Waals surface area contributed by atoms with Crippen molar-refractivity contribution in [2.24, 2.45) is 5.92 Å². The second-order valence-corrected chi connectivity index (χ2v) is 6.55. The van der Waals surface area contributed by atoms with E-state index in [1.165, 1.54) is 11.2 Å². The third-order valence-electron chi connectivity index (χ3n) is 3.21. The first kappa shape index (κ1) is 13.4. The summed E-state index contributed by atoms with van der Waals surface area (Å²) in [6.07, 6.45) is 2.79. The summed E-state index contributed by atoms with van der Waals surface area (Å²) in [5.74, 6) is -0.914. The average Bonchev–Trinajstić information content (AvgIpc) is 2.27. The SMILES string of the molecule is CCC1CCCN(S(=O)(=O)C(C)C(=O)O)C1. The Labute approximate surface area is 96.5 Å². The second kappa shape index (κ2) is 5.14. The van der Waals surface area contributed by atoms with Crippen molar-refractivity contribution in [2.45, 2.75) is 38.4 Å². The molecule has 0 aromatic heterocycles. The van der Waals surface area contributed by atoms with E-state index in [4.69, 9.17) is 5.11 Å².